The smallest absolute Gasteiger partial charge is 0.206 e. The van der Waals surface area contributed by atoms with Crippen LogP contribution in [0.3, 0.4) is 0 Å². The molecule has 0 radical (unpaired) electrons. The van der Waals surface area contributed by atoms with Crippen molar-refractivity contribution < 1.29 is 48.1 Å². The van der Waals surface area contributed by atoms with Crippen LogP contribution < -0.4 is 30.4 Å². The summed E-state index contributed by atoms with van der Waals surface area (Å²) in [6.45, 7) is 12.4. The summed E-state index contributed by atoms with van der Waals surface area (Å²) in [5.41, 5.74) is 18.5. The molecule has 6 N–H and O–H groups in total. The second kappa shape index (κ2) is 28.0. The number of aromatic nitrogens is 8. The van der Waals surface area contributed by atoms with Crippen LogP contribution in [0.15, 0.2) is 98.1 Å². The van der Waals surface area contributed by atoms with Crippen molar-refractivity contribution in [3.63, 3.8) is 0 Å². The number of hydrogen-bond acceptors (Lipinski definition) is 16. The fourth-order valence-electron chi connectivity index (χ4n) is 11.4. The van der Waals surface area contributed by atoms with Crippen molar-refractivity contribution in [1.82, 2.24) is 38.2 Å². The van der Waals surface area contributed by atoms with Gasteiger partial charge >= 0.3 is 0 Å². The minimum Gasteiger partial charge on any atom is -0.491 e. The van der Waals surface area contributed by atoms with Crippen LogP contribution in [0.2, 0.25) is 0 Å². The molecule has 4 heterocycles. The monoisotopic (exact) mass is 1150 g/mol. The summed E-state index contributed by atoms with van der Waals surface area (Å²) < 4.78 is 58.9. The average Bonchev–Trinajstić information content (AvgIpc) is 4.05. The molecule has 9 rings (SSSR count). The lowest BCUT2D eigenvalue weighted by molar-refractivity contribution is 0.0983. The standard InChI is InChI=1S/C64H82N10O10/c1-9-77-21-25-81-55-45-29-43(41-65)30-46(55)34-50-38-54(64(76,61-69-15-19-73(61)7)62-70-16-20-74(62)8)40-52(58(50)84-28-24-80-12-4)36-48-32-44(42-66)31-47(56(48)82-26-22-78-10-2)35-51-39-53(37-49(33-45)57(51)83-27-23-79-11-3)63(75,59-67-13-17-71(59)5)60-68-14-18-72(60)6/h13-20,29-32,37-40,75-76H,9-12,21-28,33-36,41-42,65-66H2,1-8H3. The molecule has 20 nitrogen and oxygen atoms in total. The minimum atomic E-state index is -1.89. The maximum absolute atomic E-state index is 13.7. The van der Waals surface area contributed by atoms with Gasteiger partial charge < -0.3 is 77.8 Å². The van der Waals surface area contributed by atoms with Gasteiger partial charge in [0, 0.05) is 143 Å². The van der Waals surface area contributed by atoms with E-state index < -0.39 is 11.2 Å². The largest absolute Gasteiger partial charge is 0.491 e. The fourth-order valence-corrected chi connectivity index (χ4v) is 11.4. The van der Waals surface area contributed by atoms with Gasteiger partial charge in [0.15, 0.2) is 23.3 Å². The van der Waals surface area contributed by atoms with Gasteiger partial charge in [0.1, 0.15) is 49.4 Å². The van der Waals surface area contributed by atoms with Crippen molar-refractivity contribution in [1.29, 1.82) is 0 Å². The lowest BCUT2D eigenvalue weighted by atomic mass is 9.83. The van der Waals surface area contributed by atoms with Crippen LogP contribution in [-0.4, -0.2) is 128 Å². The topological polar surface area (TPSA) is 238 Å². The van der Waals surface area contributed by atoms with Crippen LogP contribution in [-0.2, 0) is 97.1 Å². The Morgan fingerprint density at radius 3 is 0.798 bits per heavy atom. The third kappa shape index (κ3) is 13.0. The first-order valence-corrected chi connectivity index (χ1v) is 29.0. The van der Waals surface area contributed by atoms with Gasteiger partial charge in [0.05, 0.1) is 26.4 Å². The zero-order valence-corrected chi connectivity index (χ0v) is 49.9. The summed E-state index contributed by atoms with van der Waals surface area (Å²) in [4.78, 5) is 19.2. The first-order chi connectivity index (χ1) is 40.8. The van der Waals surface area contributed by atoms with Crippen LogP contribution in [0.1, 0.15) is 118 Å². The molecular formula is C64H82N10O10. The highest BCUT2D eigenvalue weighted by molar-refractivity contribution is 5.61. The number of ether oxygens (including phenoxy) is 8. The molecular weight excluding hydrogens is 1070 g/mol. The predicted molar refractivity (Wildman–Crippen MR) is 318 cm³/mol. The summed E-state index contributed by atoms with van der Waals surface area (Å²) in [5, 5.41) is 27.5. The molecule has 0 fully saturated rings. The number of aryl methyl sites for hydroxylation is 4. The molecule has 1 aliphatic rings. The van der Waals surface area contributed by atoms with E-state index >= 15 is 0 Å². The van der Waals surface area contributed by atoms with Crippen molar-refractivity contribution in [2.75, 3.05) is 79.3 Å². The summed E-state index contributed by atoms with van der Waals surface area (Å²) in [6, 6.07) is 16.3. The van der Waals surface area contributed by atoms with E-state index in [4.69, 9.17) is 69.3 Å². The Balaban J connectivity index is 1.41. The lowest BCUT2D eigenvalue weighted by Gasteiger charge is -2.31. The van der Waals surface area contributed by atoms with Gasteiger partial charge in [-0.3, -0.25) is 0 Å². The second-order valence-corrected chi connectivity index (χ2v) is 20.9. The lowest BCUT2D eigenvalue weighted by Crippen LogP contribution is -2.35. The number of fused-ring (bicyclic) bond motifs is 8. The predicted octanol–water partition coefficient (Wildman–Crippen LogP) is 6.44. The van der Waals surface area contributed by atoms with E-state index in [-0.39, 0.29) is 65.2 Å². The molecule has 8 aromatic rings. The molecule has 0 saturated carbocycles. The van der Waals surface area contributed by atoms with Crippen LogP contribution in [0.5, 0.6) is 23.0 Å². The molecule has 84 heavy (non-hydrogen) atoms. The molecule has 448 valence electrons. The van der Waals surface area contributed by atoms with Gasteiger partial charge in [0.2, 0.25) is 11.2 Å². The number of nitrogens with zero attached hydrogens (tertiary/aromatic N) is 8. The third-order valence-electron chi connectivity index (χ3n) is 15.2. The van der Waals surface area contributed by atoms with Crippen molar-refractivity contribution in [2.45, 2.75) is 77.7 Å². The highest BCUT2D eigenvalue weighted by Crippen LogP contribution is 2.46. The van der Waals surface area contributed by atoms with Gasteiger partial charge in [-0.15, -0.1) is 0 Å². The normalized spacial score (nSPS) is 12.7. The van der Waals surface area contributed by atoms with E-state index in [1.165, 1.54) is 0 Å². The first kappa shape index (κ1) is 61.2. The Bertz CT molecular complexity index is 3070. The van der Waals surface area contributed by atoms with Gasteiger partial charge in [0.25, 0.3) is 0 Å². The Labute approximate surface area is 492 Å². The summed E-state index contributed by atoms with van der Waals surface area (Å²) in [5.74, 6) is 3.83. The van der Waals surface area contributed by atoms with E-state index in [1.807, 2.05) is 123 Å². The fraction of sp³-hybridized carbons (Fsp3) is 0.438. The molecule has 0 aliphatic heterocycles. The zero-order chi connectivity index (χ0) is 59.4. The van der Waals surface area contributed by atoms with Crippen LogP contribution >= 0.6 is 0 Å². The number of benzene rings is 4. The Kier molecular flexibility index (Phi) is 20.4. The van der Waals surface area contributed by atoms with Gasteiger partial charge in [-0.2, -0.15) is 0 Å². The van der Waals surface area contributed by atoms with Gasteiger partial charge in [-0.25, -0.2) is 19.9 Å². The van der Waals surface area contributed by atoms with E-state index in [2.05, 4.69) is 24.3 Å². The molecule has 0 saturated heterocycles. The summed E-state index contributed by atoms with van der Waals surface area (Å²) >= 11 is 0. The molecule has 8 bridgehead atoms. The first-order valence-electron chi connectivity index (χ1n) is 29.0. The highest BCUT2D eigenvalue weighted by atomic mass is 16.5. The third-order valence-corrected chi connectivity index (χ3v) is 15.2. The number of rotatable bonds is 28. The van der Waals surface area contributed by atoms with E-state index in [9.17, 15) is 10.2 Å². The maximum Gasteiger partial charge on any atom is 0.206 e. The van der Waals surface area contributed by atoms with Crippen molar-refractivity contribution in [3.8, 4) is 23.0 Å². The van der Waals surface area contributed by atoms with Crippen molar-refractivity contribution in [2.24, 2.45) is 39.7 Å². The molecule has 0 unspecified atom stereocenters. The number of aliphatic hydroxyl groups is 2. The Morgan fingerprint density at radius 1 is 0.381 bits per heavy atom. The minimum absolute atomic E-state index is 0.200. The molecule has 4 aromatic heterocycles. The molecule has 0 spiro atoms. The van der Waals surface area contributed by atoms with Gasteiger partial charge in [-0.1, -0.05) is 24.3 Å². The summed E-state index contributed by atoms with van der Waals surface area (Å²) in [7, 11) is 7.43. The van der Waals surface area contributed by atoms with Gasteiger partial charge in [-0.05, 0) is 119 Å². The summed E-state index contributed by atoms with van der Waals surface area (Å²) in [6.07, 6.45) is 14.9. The second-order valence-electron chi connectivity index (χ2n) is 20.9. The van der Waals surface area contributed by atoms with E-state index in [0.717, 1.165) is 55.6 Å². The van der Waals surface area contributed by atoms with Crippen molar-refractivity contribution in [3.05, 3.63) is 188 Å². The Morgan fingerprint density at radius 2 is 0.607 bits per heavy atom. The maximum atomic E-state index is 13.7. The zero-order valence-electron chi connectivity index (χ0n) is 49.9. The highest BCUT2D eigenvalue weighted by Gasteiger charge is 2.44. The van der Waals surface area contributed by atoms with Crippen LogP contribution in [0, 0.1) is 0 Å². The molecule has 4 aromatic carbocycles. The van der Waals surface area contributed by atoms with E-state index in [1.54, 1.807) is 24.8 Å². The molecule has 0 atom stereocenters. The SMILES string of the molecule is CCOCCOc1c2cc(CN)cc1Cc1cc(C(O)(c3nccn3C)c3nccn3C)cc(c1OCCOCC)Cc1cc(CN)cc(c1OCCOCC)Cc1cc(C(O)(c3nccn3C)c3nccn3C)cc(c1OCCOCC)C2. The number of imidazole rings is 4. The van der Waals surface area contributed by atoms with E-state index in [0.29, 0.717) is 110 Å². The molecule has 0 amide bonds. The molecule has 20 heteroatoms. The quantitative estimate of drug-likeness (QED) is 0.0386. The Hall–Kier alpha value is -7.40. The average molecular weight is 1150 g/mol. The van der Waals surface area contributed by atoms with Crippen LogP contribution in [0.4, 0.5) is 0 Å². The molecule has 1 aliphatic carbocycles. The number of nitrogens with two attached hydrogens (primary N) is 2. The van der Waals surface area contributed by atoms with Crippen LogP contribution in [0.25, 0.3) is 0 Å². The van der Waals surface area contributed by atoms with Crippen molar-refractivity contribution >= 4 is 0 Å². The number of hydrogen-bond donors (Lipinski definition) is 4.